The maximum Gasteiger partial charge on any atom is 0.0582 e. The van der Waals surface area contributed by atoms with Gasteiger partial charge in [0.1, 0.15) is 0 Å². The molecule has 3 nitrogen and oxygen atoms in total. The first kappa shape index (κ1) is 10.0. The van der Waals surface area contributed by atoms with Crippen LogP contribution in [0.3, 0.4) is 0 Å². The maximum atomic E-state index is 8.79. The van der Waals surface area contributed by atoms with Crippen LogP contribution in [-0.4, -0.2) is 17.8 Å². The summed E-state index contributed by atoms with van der Waals surface area (Å²) in [5, 5.41) is 11.9. The van der Waals surface area contributed by atoms with Gasteiger partial charge in [0, 0.05) is 18.3 Å². The number of rotatable bonds is 4. The molecule has 0 saturated heterocycles. The van der Waals surface area contributed by atoms with Gasteiger partial charge in [0.2, 0.25) is 0 Å². The zero-order valence-corrected chi connectivity index (χ0v) is 7.83. The highest BCUT2D eigenvalue weighted by molar-refractivity contribution is 5.46. The number of nitrogens with one attached hydrogen (secondary N) is 1. The van der Waals surface area contributed by atoms with Crippen molar-refractivity contribution in [2.45, 2.75) is 19.5 Å². The number of aliphatic hydroxyl groups is 1. The topological polar surface area (TPSA) is 58.3 Å². The molecule has 0 amide bonds. The fraction of sp³-hybridized carbons (Fsp3) is 0.400. The molecule has 13 heavy (non-hydrogen) atoms. The third-order valence-electron chi connectivity index (χ3n) is 1.97. The summed E-state index contributed by atoms with van der Waals surface area (Å²) in [6, 6.07) is 7.83. The molecule has 0 aliphatic heterocycles. The summed E-state index contributed by atoms with van der Waals surface area (Å²) >= 11 is 0. The highest BCUT2D eigenvalue weighted by atomic mass is 16.3. The molecule has 0 bridgehead atoms. The van der Waals surface area contributed by atoms with Crippen LogP contribution in [0.2, 0.25) is 0 Å². The molecule has 1 rings (SSSR count). The summed E-state index contributed by atoms with van der Waals surface area (Å²) in [5.41, 5.74) is 7.61. The van der Waals surface area contributed by atoms with Crippen LogP contribution in [-0.2, 0) is 6.54 Å². The monoisotopic (exact) mass is 180 g/mol. The summed E-state index contributed by atoms with van der Waals surface area (Å²) in [6.07, 6.45) is 0. The largest absolute Gasteiger partial charge is 0.398 e. The van der Waals surface area contributed by atoms with Crippen molar-refractivity contribution in [2.24, 2.45) is 0 Å². The van der Waals surface area contributed by atoms with Gasteiger partial charge in [-0.25, -0.2) is 0 Å². The number of nitrogens with two attached hydrogens (primary N) is 1. The van der Waals surface area contributed by atoms with Gasteiger partial charge < -0.3 is 16.2 Å². The minimum absolute atomic E-state index is 0.111. The van der Waals surface area contributed by atoms with Gasteiger partial charge >= 0.3 is 0 Å². The van der Waals surface area contributed by atoms with Crippen molar-refractivity contribution in [3.05, 3.63) is 29.8 Å². The zero-order chi connectivity index (χ0) is 9.68. The smallest absolute Gasteiger partial charge is 0.0582 e. The van der Waals surface area contributed by atoms with E-state index in [4.69, 9.17) is 10.8 Å². The van der Waals surface area contributed by atoms with Crippen molar-refractivity contribution in [1.82, 2.24) is 5.32 Å². The summed E-state index contributed by atoms with van der Waals surface area (Å²) < 4.78 is 0. The molecule has 0 saturated carbocycles. The predicted octanol–water partition coefficient (Wildman–Crippen LogP) is 0.739. The normalized spacial score (nSPS) is 12.8. The summed E-state index contributed by atoms with van der Waals surface area (Å²) in [5.74, 6) is 0. The van der Waals surface area contributed by atoms with E-state index in [9.17, 15) is 0 Å². The second-order valence-corrected chi connectivity index (χ2v) is 3.16. The predicted molar refractivity (Wildman–Crippen MR) is 54.2 cm³/mol. The molecule has 1 aromatic rings. The van der Waals surface area contributed by atoms with Gasteiger partial charge in [0.15, 0.2) is 0 Å². The lowest BCUT2D eigenvalue weighted by molar-refractivity contribution is 0.251. The third kappa shape index (κ3) is 3.05. The van der Waals surface area contributed by atoms with E-state index in [1.165, 1.54) is 0 Å². The van der Waals surface area contributed by atoms with Crippen LogP contribution in [0.5, 0.6) is 0 Å². The lowest BCUT2D eigenvalue weighted by Crippen LogP contribution is -2.28. The van der Waals surface area contributed by atoms with Crippen molar-refractivity contribution in [3.8, 4) is 0 Å². The van der Waals surface area contributed by atoms with Crippen molar-refractivity contribution in [1.29, 1.82) is 0 Å². The van der Waals surface area contributed by atoms with Gasteiger partial charge in [0.05, 0.1) is 6.61 Å². The van der Waals surface area contributed by atoms with Gasteiger partial charge in [-0.2, -0.15) is 0 Å². The maximum absolute atomic E-state index is 8.79. The van der Waals surface area contributed by atoms with Crippen molar-refractivity contribution >= 4 is 5.69 Å². The molecule has 72 valence electrons. The van der Waals surface area contributed by atoms with Crippen molar-refractivity contribution < 1.29 is 5.11 Å². The van der Waals surface area contributed by atoms with Crippen molar-refractivity contribution in [3.63, 3.8) is 0 Å². The quantitative estimate of drug-likeness (QED) is 0.599. The number of aliphatic hydroxyl groups excluding tert-OH is 1. The molecule has 0 radical (unpaired) electrons. The average Bonchev–Trinajstić information content (AvgIpc) is 2.16. The van der Waals surface area contributed by atoms with Gasteiger partial charge in [0.25, 0.3) is 0 Å². The van der Waals surface area contributed by atoms with Crippen LogP contribution in [0.25, 0.3) is 0 Å². The molecule has 0 aliphatic carbocycles. The van der Waals surface area contributed by atoms with Crippen LogP contribution in [0.4, 0.5) is 5.69 Å². The SMILES string of the molecule is CC(CO)NCc1ccccc1N. The summed E-state index contributed by atoms with van der Waals surface area (Å²) in [6.45, 7) is 2.78. The van der Waals surface area contributed by atoms with Crippen LogP contribution in [0.15, 0.2) is 24.3 Å². The number of anilines is 1. The van der Waals surface area contributed by atoms with E-state index < -0.39 is 0 Å². The molecule has 0 spiro atoms. The van der Waals surface area contributed by atoms with E-state index in [1.807, 2.05) is 31.2 Å². The lowest BCUT2D eigenvalue weighted by Gasteiger charge is -2.11. The van der Waals surface area contributed by atoms with Crippen molar-refractivity contribution in [2.75, 3.05) is 12.3 Å². The third-order valence-corrected chi connectivity index (χ3v) is 1.97. The molecule has 0 heterocycles. The Balaban J connectivity index is 2.50. The first-order chi connectivity index (χ1) is 6.24. The number of hydrogen-bond donors (Lipinski definition) is 3. The first-order valence-electron chi connectivity index (χ1n) is 4.41. The molecule has 0 aromatic heterocycles. The molecule has 3 heteroatoms. The van der Waals surface area contributed by atoms with E-state index in [0.29, 0.717) is 6.54 Å². The Morgan fingerprint density at radius 1 is 1.46 bits per heavy atom. The molecular weight excluding hydrogens is 164 g/mol. The Morgan fingerprint density at radius 2 is 2.15 bits per heavy atom. The number of para-hydroxylation sites is 1. The molecule has 1 atom stereocenters. The first-order valence-corrected chi connectivity index (χ1v) is 4.41. The van der Waals surface area contributed by atoms with Crippen LogP contribution >= 0.6 is 0 Å². The second kappa shape index (κ2) is 4.84. The highest BCUT2D eigenvalue weighted by Gasteiger charge is 2.00. The fourth-order valence-electron chi connectivity index (χ4n) is 1.04. The fourth-order valence-corrected chi connectivity index (χ4v) is 1.04. The molecule has 4 N–H and O–H groups in total. The number of nitrogen functional groups attached to an aromatic ring is 1. The second-order valence-electron chi connectivity index (χ2n) is 3.16. The molecular formula is C10H16N2O. The Hall–Kier alpha value is -1.06. The zero-order valence-electron chi connectivity index (χ0n) is 7.83. The van der Waals surface area contributed by atoms with E-state index in [1.54, 1.807) is 0 Å². The highest BCUT2D eigenvalue weighted by Crippen LogP contribution is 2.09. The molecule has 0 aliphatic rings. The van der Waals surface area contributed by atoms with Gasteiger partial charge in [-0.15, -0.1) is 0 Å². The standard InChI is InChI=1S/C10H16N2O/c1-8(7-13)12-6-9-4-2-3-5-10(9)11/h2-5,8,12-13H,6-7,11H2,1H3. The Bertz CT molecular complexity index is 263. The van der Waals surface area contributed by atoms with Crippen LogP contribution < -0.4 is 11.1 Å². The van der Waals surface area contributed by atoms with Gasteiger partial charge in [-0.05, 0) is 18.6 Å². The van der Waals surface area contributed by atoms with E-state index in [-0.39, 0.29) is 12.6 Å². The van der Waals surface area contributed by atoms with E-state index >= 15 is 0 Å². The Morgan fingerprint density at radius 3 is 2.77 bits per heavy atom. The van der Waals surface area contributed by atoms with Gasteiger partial charge in [-0.3, -0.25) is 0 Å². The summed E-state index contributed by atoms with van der Waals surface area (Å²) in [4.78, 5) is 0. The van der Waals surface area contributed by atoms with E-state index in [0.717, 1.165) is 11.3 Å². The Labute approximate surface area is 78.6 Å². The minimum Gasteiger partial charge on any atom is -0.398 e. The lowest BCUT2D eigenvalue weighted by atomic mass is 10.2. The molecule has 1 aromatic carbocycles. The Kier molecular flexibility index (Phi) is 3.73. The number of hydrogen-bond acceptors (Lipinski definition) is 3. The van der Waals surface area contributed by atoms with Crippen LogP contribution in [0.1, 0.15) is 12.5 Å². The molecule has 0 fully saturated rings. The summed E-state index contributed by atoms with van der Waals surface area (Å²) in [7, 11) is 0. The van der Waals surface area contributed by atoms with Gasteiger partial charge in [-0.1, -0.05) is 18.2 Å². The van der Waals surface area contributed by atoms with Crippen LogP contribution in [0, 0.1) is 0 Å². The average molecular weight is 180 g/mol. The number of benzene rings is 1. The minimum atomic E-state index is 0.111. The van der Waals surface area contributed by atoms with E-state index in [2.05, 4.69) is 5.32 Å². The molecule has 1 unspecified atom stereocenters.